The molecule has 6 nitrogen and oxygen atoms in total. The summed E-state index contributed by atoms with van der Waals surface area (Å²) in [6.45, 7) is 2.87. The van der Waals surface area contributed by atoms with E-state index in [1.165, 1.54) is 0 Å². The summed E-state index contributed by atoms with van der Waals surface area (Å²) in [5.74, 6) is 0. The SMILES string of the molecule is Cc1[nH]c(=O)[nH]c(=O)c1I.NCCN. The van der Waals surface area contributed by atoms with E-state index in [0.29, 0.717) is 22.4 Å². The third-order valence-electron chi connectivity index (χ3n) is 1.22. The van der Waals surface area contributed by atoms with E-state index < -0.39 is 5.69 Å². The van der Waals surface area contributed by atoms with Gasteiger partial charge in [0.2, 0.25) is 0 Å². The molecular weight excluding hydrogens is 299 g/mol. The van der Waals surface area contributed by atoms with Crippen molar-refractivity contribution in [1.82, 2.24) is 9.97 Å². The summed E-state index contributed by atoms with van der Waals surface area (Å²) in [5.41, 5.74) is 9.62. The largest absolute Gasteiger partial charge is 0.329 e. The molecule has 0 aliphatic rings. The number of nitrogens with two attached hydrogens (primary N) is 2. The number of hydrogen-bond donors (Lipinski definition) is 4. The molecule has 0 saturated heterocycles. The zero-order valence-electron chi connectivity index (χ0n) is 7.76. The fourth-order valence-corrected chi connectivity index (χ4v) is 0.854. The molecule has 1 aromatic heterocycles. The first-order valence-corrected chi connectivity index (χ1v) is 4.99. The van der Waals surface area contributed by atoms with Crippen molar-refractivity contribution >= 4 is 22.6 Å². The van der Waals surface area contributed by atoms with Gasteiger partial charge in [-0.05, 0) is 29.5 Å². The topological polar surface area (TPSA) is 118 Å². The lowest BCUT2D eigenvalue weighted by Gasteiger charge is -1.92. The van der Waals surface area contributed by atoms with E-state index in [0.717, 1.165) is 0 Å². The average Bonchev–Trinajstić information content (AvgIpc) is 2.14. The van der Waals surface area contributed by atoms with Gasteiger partial charge in [-0.2, -0.15) is 0 Å². The van der Waals surface area contributed by atoms with Gasteiger partial charge in [0.25, 0.3) is 5.56 Å². The first-order chi connectivity index (χ1) is 6.52. The lowest BCUT2D eigenvalue weighted by molar-refractivity contribution is 0.976. The van der Waals surface area contributed by atoms with E-state index in [1.54, 1.807) is 6.92 Å². The number of aromatic amines is 2. The molecule has 0 atom stereocenters. The molecule has 0 fully saturated rings. The molecule has 1 rings (SSSR count). The van der Waals surface area contributed by atoms with Gasteiger partial charge in [0.1, 0.15) is 0 Å². The van der Waals surface area contributed by atoms with Crippen molar-refractivity contribution in [3.05, 3.63) is 30.1 Å². The molecule has 80 valence electrons. The Balaban J connectivity index is 0.000000364. The van der Waals surface area contributed by atoms with Crippen LogP contribution in [0.1, 0.15) is 5.69 Å². The quantitative estimate of drug-likeness (QED) is 0.491. The van der Waals surface area contributed by atoms with Gasteiger partial charge in [-0.15, -0.1) is 0 Å². The number of H-pyrrole nitrogens is 2. The number of aromatic nitrogens is 2. The highest BCUT2D eigenvalue weighted by Gasteiger charge is 1.98. The highest BCUT2D eigenvalue weighted by atomic mass is 127. The van der Waals surface area contributed by atoms with Crippen molar-refractivity contribution in [2.75, 3.05) is 13.1 Å². The molecule has 0 radical (unpaired) electrons. The minimum atomic E-state index is -0.456. The minimum absolute atomic E-state index is 0.332. The second-order valence-corrected chi connectivity index (χ2v) is 3.50. The van der Waals surface area contributed by atoms with Crippen LogP contribution in [0.15, 0.2) is 9.59 Å². The van der Waals surface area contributed by atoms with E-state index in [1.807, 2.05) is 22.6 Å². The van der Waals surface area contributed by atoms with E-state index >= 15 is 0 Å². The summed E-state index contributed by atoms with van der Waals surface area (Å²) >= 11 is 1.87. The van der Waals surface area contributed by atoms with Crippen LogP contribution in [0.5, 0.6) is 0 Å². The third-order valence-corrected chi connectivity index (χ3v) is 2.52. The van der Waals surface area contributed by atoms with E-state index in [4.69, 9.17) is 11.5 Å². The van der Waals surface area contributed by atoms with Crippen LogP contribution >= 0.6 is 22.6 Å². The van der Waals surface area contributed by atoms with E-state index in [-0.39, 0.29) is 5.56 Å². The normalized spacial score (nSPS) is 9.14. The van der Waals surface area contributed by atoms with Crippen LogP contribution in [0.25, 0.3) is 0 Å². The Morgan fingerprint density at radius 2 is 1.71 bits per heavy atom. The predicted octanol–water partition coefficient (Wildman–Crippen LogP) is -1.12. The molecule has 0 saturated carbocycles. The first-order valence-electron chi connectivity index (χ1n) is 3.91. The Morgan fingerprint density at radius 3 is 2.07 bits per heavy atom. The van der Waals surface area contributed by atoms with Gasteiger partial charge >= 0.3 is 5.69 Å². The minimum Gasteiger partial charge on any atom is -0.329 e. The maximum atomic E-state index is 10.8. The highest BCUT2D eigenvalue weighted by molar-refractivity contribution is 14.1. The lowest BCUT2D eigenvalue weighted by Crippen LogP contribution is -2.25. The molecule has 0 spiro atoms. The number of aryl methyl sites for hydroxylation is 1. The predicted molar refractivity (Wildman–Crippen MR) is 63.2 cm³/mol. The van der Waals surface area contributed by atoms with Crippen molar-refractivity contribution in [3.8, 4) is 0 Å². The summed E-state index contributed by atoms with van der Waals surface area (Å²) in [4.78, 5) is 25.9. The molecule has 14 heavy (non-hydrogen) atoms. The number of hydrogen-bond acceptors (Lipinski definition) is 4. The van der Waals surface area contributed by atoms with Crippen molar-refractivity contribution in [3.63, 3.8) is 0 Å². The van der Waals surface area contributed by atoms with E-state index in [2.05, 4.69) is 9.97 Å². The molecule has 1 aromatic rings. The van der Waals surface area contributed by atoms with Crippen molar-refractivity contribution in [2.24, 2.45) is 11.5 Å². The molecule has 0 aromatic carbocycles. The Morgan fingerprint density at radius 1 is 1.21 bits per heavy atom. The van der Waals surface area contributed by atoms with Crippen LogP contribution in [0.3, 0.4) is 0 Å². The average molecular weight is 312 g/mol. The first kappa shape index (κ1) is 13.3. The second-order valence-electron chi connectivity index (χ2n) is 2.42. The summed E-state index contributed by atoms with van der Waals surface area (Å²) in [5, 5.41) is 0. The fourth-order valence-electron chi connectivity index (χ4n) is 0.585. The maximum Gasteiger partial charge on any atom is 0.325 e. The molecular formula is C7H13IN4O2. The number of rotatable bonds is 1. The Hall–Kier alpha value is -0.670. The second kappa shape index (κ2) is 6.74. The summed E-state index contributed by atoms with van der Waals surface area (Å²) < 4.78 is 0.525. The maximum absolute atomic E-state index is 10.8. The Bertz CT molecular complexity index is 382. The fraction of sp³-hybridized carbons (Fsp3) is 0.429. The van der Waals surface area contributed by atoms with Gasteiger partial charge in [-0.1, -0.05) is 0 Å². The van der Waals surface area contributed by atoms with Crippen molar-refractivity contribution < 1.29 is 0 Å². The Labute approximate surface area is 94.2 Å². The zero-order valence-corrected chi connectivity index (χ0v) is 9.92. The monoisotopic (exact) mass is 312 g/mol. The standard InChI is InChI=1S/C5H5IN2O2.C2H8N2/c1-2-3(6)4(9)8-5(10)7-2;3-1-2-4/h1H3,(H2,7,8,9,10);1-4H2. The zero-order chi connectivity index (χ0) is 11.1. The molecule has 0 aliphatic carbocycles. The molecule has 6 N–H and O–H groups in total. The van der Waals surface area contributed by atoms with Crippen molar-refractivity contribution in [2.45, 2.75) is 6.92 Å². The summed E-state index contributed by atoms with van der Waals surface area (Å²) in [6.07, 6.45) is 0. The smallest absolute Gasteiger partial charge is 0.325 e. The van der Waals surface area contributed by atoms with Crippen LogP contribution in [-0.4, -0.2) is 23.1 Å². The molecule has 1 heterocycles. The van der Waals surface area contributed by atoms with Crippen LogP contribution in [0.4, 0.5) is 0 Å². The van der Waals surface area contributed by atoms with Crippen LogP contribution in [-0.2, 0) is 0 Å². The molecule has 0 aliphatic heterocycles. The van der Waals surface area contributed by atoms with Crippen molar-refractivity contribution in [1.29, 1.82) is 0 Å². The molecule has 0 amide bonds. The van der Waals surface area contributed by atoms with Gasteiger partial charge in [0, 0.05) is 18.8 Å². The van der Waals surface area contributed by atoms with Gasteiger partial charge in [0.15, 0.2) is 0 Å². The van der Waals surface area contributed by atoms with Crippen LogP contribution in [0, 0.1) is 10.5 Å². The van der Waals surface area contributed by atoms with Crippen LogP contribution in [0.2, 0.25) is 0 Å². The van der Waals surface area contributed by atoms with Crippen LogP contribution < -0.4 is 22.7 Å². The number of nitrogens with one attached hydrogen (secondary N) is 2. The van der Waals surface area contributed by atoms with Gasteiger partial charge < -0.3 is 16.5 Å². The molecule has 0 unspecified atom stereocenters. The van der Waals surface area contributed by atoms with Gasteiger partial charge in [-0.25, -0.2) is 4.79 Å². The number of halogens is 1. The summed E-state index contributed by atoms with van der Waals surface area (Å²) in [7, 11) is 0. The van der Waals surface area contributed by atoms with E-state index in [9.17, 15) is 9.59 Å². The van der Waals surface area contributed by atoms with Gasteiger partial charge in [0.05, 0.1) is 3.57 Å². The highest BCUT2D eigenvalue weighted by Crippen LogP contribution is 1.97. The third kappa shape index (κ3) is 4.53. The molecule has 0 bridgehead atoms. The Kier molecular flexibility index (Phi) is 6.41. The van der Waals surface area contributed by atoms with Gasteiger partial charge in [-0.3, -0.25) is 9.78 Å². The molecule has 7 heteroatoms. The summed E-state index contributed by atoms with van der Waals surface area (Å²) in [6, 6.07) is 0. The lowest BCUT2D eigenvalue weighted by atomic mass is 10.5.